The molecule has 1 aliphatic rings. The van der Waals surface area contributed by atoms with Gasteiger partial charge in [-0.05, 0) is 20.8 Å². The molecule has 0 saturated heterocycles. The second-order valence-electron chi connectivity index (χ2n) is 2.84. The van der Waals surface area contributed by atoms with E-state index in [0.717, 1.165) is 0 Å². The Balaban J connectivity index is 2.76. The molecular weight excluding hydrogens is 130 g/mol. The summed E-state index contributed by atoms with van der Waals surface area (Å²) in [6.45, 7) is 5.93. The van der Waals surface area contributed by atoms with Gasteiger partial charge in [-0.1, -0.05) is 0 Å². The quantitative estimate of drug-likeness (QED) is 0.538. The molecule has 1 heterocycles. The Bertz CT molecular complexity index is 163. The zero-order valence-corrected chi connectivity index (χ0v) is 6.59. The molecule has 0 saturated carbocycles. The summed E-state index contributed by atoms with van der Waals surface area (Å²) in [5.74, 6) is -1.14. The van der Waals surface area contributed by atoms with Crippen LogP contribution in [0.15, 0.2) is 4.99 Å². The van der Waals surface area contributed by atoms with Crippen LogP contribution in [0.4, 0.5) is 0 Å². The maximum absolute atomic E-state index is 9.46. The molecule has 0 radical (unpaired) electrons. The number of rotatable bonds is 0. The third kappa shape index (κ3) is 1.36. The summed E-state index contributed by atoms with van der Waals surface area (Å²) in [6.07, 6.45) is 0.0266. The third-order valence-electron chi connectivity index (χ3n) is 1.69. The lowest BCUT2D eigenvalue weighted by molar-refractivity contribution is -0.168. The molecule has 0 amide bonds. The SMILES string of the molecule is CC1=NC[C@@H](C)OC1(C)O. The number of nitrogens with zero attached hydrogens (tertiary/aromatic N) is 1. The summed E-state index contributed by atoms with van der Waals surface area (Å²) < 4.78 is 5.21. The van der Waals surface area contributed by atoms with E-state index in [0.29, 0.717) is 12.3 Å². The zero-order valence-electron chi connectivity index (χ0n) is 6.59. The first-order chi connectivity index (χ1) is 4.52. The molecule has 0 aromatic heterocycles. The lowest BCUT2D eigenvalue weighted by Crippen LogP contribution is -2.44. The van der Waals surface area contributed by atoms with E-state index in [1.165, 1.54) is 0 Å². The Morgan fingerprint density at radius 1 is 1.80 bits per heavy atom. The highest BCUT2D eigenvalue weighted by Gasteiger charge is 2.30. The minimum atomic E-state index is -1.14. The molecule has 3 heteroatoms. The standard InChI is InChI=1S/C7H13NO2/c1-5-4-8-6(2)7(3,9)10-5/h5,9H,4H2,1-3H3/t5-,7?/m1/s1. The van der Waals surface area contributed by atoms with E-state index in [1.54, 1.807) is 13.8 Å². The Hall–Kier alpha value is -0.410. The molecule has 2 atom stereocenters. The van der Waals surface area contributed by atoms with Crippen LogP contribution in [0.2, 0.25) is 0 Å². The lowest BCUT2D eigenvalue weighted by Gasteiger charge is -2.31. The first kappa shape index (κ1) is 7.69. The molecule has 0 bridgehead atoms. The van der Waals surface area contributed by atoms with Gasteiger partial charge in [0, 0.05) is 0 Å². The van der Waals surface area contributed by atoms with Crippen LogP contribution >= 0.6 is 0 Å². The number of aliphatic imine (C=N–C) groups is 1. The van der Waals surface area contributed by atoms with Crippen LogP contribution < -0.4 is 0 Å². The van der Waals surface area contributed by atoms with Crippen LogP contribution in [-0.4, -0.2) is 29.3 Å². The van der Waals surface area contributed by atoms with E-state index < -0.39 is 5.79 Å². The molecule has 3 nitrogen and oxygen atoms in total. The van der Waals surface area contributed by atoms with Gasteiger partial charge < -0.3 is 9.84 Å². The van der Waals surface area contributed by atoms with Crippen LogP contribution in [0.25, 0.3) is 0 Å². The van der Waals surface area contributed by atoms with Crippen LogP contribution in [0.5, 0.6) is 0 Å². The van der Waals surface area contributed by atoms with Crippen molar-refractivity contribution in [2.24, 2.45) is 4.99 Å². The summed E-state index contributed by atoms with van der Waals surface area (Å²) in [5, 5.41) is 9.46. The topological polar surface area (TPSA) is 41.8 Å². The van der Waals surface area contributed by atoms with Crippen molar-refractivity contribution in [3.05, 3.63) is 0 Å². The predicted octanol–water partition coefficient (Wildman–Crippen LogP) is 0.575. The van der Waals surface area contributed by atoms with E-state index in [4.69, 9.17) is 4.74 Å². The molecule has 1 unspecified atom stereocenters. The molecule has 1 aliphatic heterocycles. The van der Waals surface area contributed by atoms with Crippen molar-refractivity contribution in [1.82, 2.24) is 0 Å². The monoisotopic (exact) mass is 143 g/mol. The highest BCUT2D eigenvalue weighted by Crippen LogP contribution is 2.16. The van der Waals surface area contributed by atoms with Gasteiger partial charge in [-0.2, -0.15) is 0 Å². The summed E-state index contributed by atoms with van der Waals surface area (Å²) in [6, 6.07) is 0. The zero-order chi connectivity index (χ0) is 7.78. The molecule has 0 aromatic rings. The van der Waals surface area contributed by atoms with Gasteiger partial charge in [-0.25, -0.2) is 0 Å². The van der Waals surface area contributed by atoms with Crippen LogP contribution in [0, 0.1) is 0 Å². The van der Waals surface area contributed by atoms with Crippen molar-refractivity contribution in [2.75, 3.05) is 6.54 Å². The third-order valence-corrected chi connectivity index (χ3v) is 1.69. The predicted molar refractivity (Wildman–Crippen MR) is 39.1 cm³/mol. The summed E-state index contributed by atoms with van der Waals surface area (Å²) in [4.78, 5) is 4.11. The van der Waals surface area contributed by atoms with Crippen molar-refractivity contribution < 1.29 is 9.84 Å². The molecule has 0 aliphatic carbocycles. The molecule has 10 heavy (non-hydrogen) atoms. The Labute approximate surface area is 60.7 Å². The van der Waals surface area contributed by atoms with Crippen molar-refractivity contribution >= 4 is 5.71 Å². The summed E-state index contributed by atoms with van der Waals surface area (Å²) in [7, 11) is 0. The van der Waals surface area contributed by atoms with E-state index in [2.05, 4.69) is 4.99 Å². The maximum Gasteiger partial charge on any atom is 0.202 e. The second kappa shape index (κ2) is 2.32. The summed E-state index contributed by atoms with van der Waals surface area (Å²) >= 11 is 0. The number of hydrogen-bond donors (Lipinski definition) is 1. The molecular formula is C7H13NO2. The summed E-state index contributed by atoms with van der Waals surface area (Å²) in [5.41, 5.74) is 0.658. The van der Waals surface area contributed by atoms with Gasteiger partial charge in [0.15, 0.2) is 0 Å². The smallest absolute Gasteiger partial charge is 0.202 e. The number of hydrogen-bond acceptors (Lipinski definition) is 3. The van der Waals surface area contributed by atoms with Gasteiger partial charge in [0.25, 0.3) is 0 Å². The largest absolute Gasteiger partial charge is 0.361 e. The average Bonchev–Trinajstić information content (AvgIpc) is 1.78. The Kier molecular flexibility index (Phi) is 1.79. The van der Waals surface area contributed by atoms with Crippen LogP contribution in [0.3, 0.4) is 0 Å². The minimum Gasteiger partial charge on any atom is -0.361 e. The highest BCUT2D eigenvalue weighted by atomic mass is 16.6. The number of ether oxygens (including phenoxy) is 1. The van der Waals surface area contributed by atoms with Gasteiger partial charge in [-0.15, -0.1) is 0 Å². The van der Waals surface area contributed by atoms with Gasteiger partial charge in [0.1, 0.15) is 0 Å². The fourth-order valence-electron chi connectivity index (χ4n) is 0.926. The molecule has 1 N–H and O–H groups in total. The van der Waals surface area contributed by atoms with E-state index >= 15 is 0 Å². The van der Waals surface area contributed by atoms with Gasteiger partial charge in [0.2, 0.25) is 5.79 Å². The first-order valence-electron chi connectivity index (χ1n) is 3.44. The highest BCUT2D eigenvalue weighted by molar-refractivity contribution is 5.88. The molecule has 0 aromatic carbocycles. The molecule has 58 valence electrons. The van der Waals surface area contributed by atoms with E-state index in [9.17, 15) is 5.11 Å². The second-order valence-corrected chi connectivity index (χ2v) is 2.84. The molecule has 1 rings (SSSR count). The fraction of sp³-hybridized carbons (Fsp3) is 0.857. The molecule has 0 fully saturated rings. The van der Waals surface area contributed by atoms with Crippen molar-refractivity contribution in [2.45, 2.75) is 32.7 Å². The van der Waals surface area contributed by atoms with E-state index in [-0.39, 0.29) is 6.10 Å². The van der Waals surface area contributed by atoms with Gasteiger partial charge in [0.05, 0.1) is 18.4 Å². The molecule has 0 spiro atoms. The maximum atomic E-state index is 9.46. The number of aliphatic hydroxyl groups is 1. The van der Waals surface area contributed by atoms with Crippen molar-refractivity contribution in [3.8, 4) is 0 Å². The Morgan fingerprint density at radius 2 is 2.40 bits per heavy atom. The van der Waals surface area contributed by atoms with Crippen LogP contribution in [0.1, 0.15) is 20.8 Å². The fourth-order valence-corrected chi connectivity index (χ4v) is 0.926. The van der Waals surface area contributed by atoms with Crippen LogP contribution in [-0.2, 0) is 4.74 Å². The normalized spacial score (nSPS) is 41.2. The minimum absolute atomic E-state index is 0.0266. The van der Waals surface area contributed by atoms with E-state index in [1.807, 2.05) is 6.92 Å². The average molecular weight is 143 g/mol. The lowest BCUT2D eigenvalue weighted by atomic mass is 10.1. The van der Waals surface area contributed by atoms with Gasteiger partial charge in [-0.3, -0.25) is 4.99 Å². The Morgan fingerprint density at radius 3 is 2.80 bits per heavy atom. The van der Waals surface area contributed by atoms with Gasteiger partial charge >= 0.3 is 0 Å². The first-order valence-corrected chi connectivity index (χ1v) is 3.44. The van der Waals surface area contributed by atoms with Crippen molar-refractivity contribution in [3.63, 3.8) is 0 Å². The van der Waals surface area contributed by atoms with Crippen molar-refractivity contribution in [1.29, 1.82) is 0 Å².